The zero-order valence-electron chi connectivity index (χ0n) is 17.1. The third-order valence-corrected chi connectivity index (χ3v) is 5.53. The average Bonchev–Trinajstić information content (AvgIpc) is 2.71. The minimum absolute atomic E-state index is 0.0582. The van der Waals surface area contributed by atoms with E-state index in [4.69, 9.17) is 4.74 Å². The Morgan fingerprint density at radius 1 is 1.13 bits per heavy atom. The molecule has 1 aromatic heterocycles. The van der Waals surface area contributed by atoms with Gasteiger partial charge < -0.3 is 10.1 Å². The molecular weight excluding hydrogens is 421 g/mol. The van der Waals surface area contributed by atoms with Crippen LogP contribution < -0.4 is 14.4 Å². The molecule has 1 amide bonds. The van der Waals surface area contributed by atoms with Crippen LogP contribution >= 0.6 is 0 Å². The zero-order chi connectivity index (χ0) is 22.4. The van der Waals surface area contributed by atoms with Crippen molar-refractivity contribution >= 4 is 21.6 Å². The number of carbonyl (C=O) groups excluding carboxylic acids is 1. The summed E-state index contributed by atoms with van der Waals surface area (Å²) in [4.78, 5) is 16.7. The first-order valence-corrected chi connectivity index (χ1v) is 11.3. The number of hydrogen-bond acceptors (Lipinski definition) is 5. The van der Waals surface area contributed by atoms with Gasteiger partial charge in [-0.05, 0) is 36.8 Å². The Morgan fingerprint density at radius 3 is 2.61 bits per heavy atom. The van der Waals surface area contributed by atoms with Crippen LogP contribution in [0.2, 0.25) is 0 Å². The Kier molecular flexibility index (Phi) is 6.86. The van der Waals surface area contributed by atoms with Crippen LogP contribution in [0, 0.1) is 12.7 Å². The standard InChI is InChI=1S/C22H22FN3O4S/c1-16-7-3-4-11-20(16)26(31(2,28)29)15-21(27)25-14-17-8-6-12-24-22(17)30-19-10-5-9-18(23)13-19/h3-13H,14-15H2,1-2H3,(H,25,27). The summed E-state index contributed by atoms with van der Waals surface area (Å²) in [5.41, 5.74) is 1.73. The number of aromatic nitrogens is 1. The number of para-hydroxylation sites is 1. The molecular formula is C22H22FN3O4S. The van der Waals surface area contributed by atoms with Crippen molar-refractivity contribution in [3.63, 3.8) is 0 Å². The second-order valence-electron chi connectivity index (χ2n) is 6.86. The lowest BCUT2D eigenvalue weighted by Crippen LogP contribution is -2.40. The number of nitrogens with one attached hydrogen (secondary N) is 1. The lowest BCUT2D eigenvalue weighted by Gasteiger charge is -2.23. The van der Waals surface area contributed by atoms with Gasteiger partial charge in [0.2, 0.25) is 21.8 Å². The molecule has 0 saturated heterocycles. The maximum absolute atomic E-state index is 13.4. The summed E-state index contributed by atoms with van der Waals surface area (Å²) < 4.78 is 44.6. The molecule has 2 aromatic carbocycles. The zero-order valence-corrected chi connectivity index (χ0v) is 17.9. The van der Waals surface area contributed by atoms with Crippen LogP contribution in [0.1, 0.15) is 11.1 Å². The summed E-state index contributed by atoms with van der Waals surface area (Å²) in [7, 11) is -3.67. The Bertz CT molecular complexity index is 1180. The summed E-state index contributed by atoms with van der Waals surface area (Å²) >= 11 is 0. The van der Waals surface area contributed by atoms with Gasteiger partial charge in [-0.25, -0.2) is 17.8 Å². The Morgan fingerprint density at radius 2 is 1.90 bits per heavy atom. The number of rotatable bonds is 8. The van der Waals surface area contributed by atoms with Gasteiger partial charge >= 0.3 is 0 Å². The summed E-state index contributed by atoms with van der Waals surface area (Å²) in [6.45, 7) is 1.46. The van der Waals surface area contributed by atoms with Crippen molar-refractivity contribution in [2.75, 3.05) is 17.1 Å². The number of sulfonamides is 1. The highest BCUT2D eigenvalue weighted by atomic mass is 32.2. The number of benzene rings is 2. The highest BCUT2D eigenvalue weighted by Crippen LogP contribution is 2.24. The number of nitrogens with zero attached hydrogens (tertiary/aromatic N) is 2. The summed E-state index contributed by atoms with van der Waals surface area (Å²) in [6.07, 6.45) is 2.57. The van der Waals surface area contributed by atoms with E-state index in [0.29, 0.717) is 11.3 Å². The number of halogens is 1. The van der Waals surface area contributed by atoms with Gasteiger partial charge in [-0.1, -0.05) is 30.3 Å². The van der Waals surface area contributed by atoms with Gasteiger partial charge in [-0.3, -0.25) is 9.10 Å². The molecule has 1 N–H and O–H groups in total. The topological polar surface area (TPSA) is 88.6 Å². The molecule has 0 atom stereocenters. The molecule has 0 unspecified atom stereocenters. The summed E-state index contributed by atoms with van der Waals surface area (Å²) in [5.74, 6) is -0.448. The molecule has 1 heterocycles. The van der Waals surface area contributed by atoms with Crippen LogP contribution in [0.4, 0.5) is 10.1 Å². The predicted octanol–water partition coefficient (Wildman–Crippen LogP) is 3.40. The van der Waals surface area contributed by atoms with Gasteiger partial charge in [0.1, 0.15) is 18.1 Å². The minimum Gasteiger partial charge on any atom is -0.439 e. The van der Waals surface area contributed by atoms with Gasteiger partial charge in [-0.15, -0.1) is 0 Å². The Balaban J connectivity index is 1.71. The maximum atomic E-state index is 13.4. The average molecular weight is 444 g/mol. The molecule has 162 valence electrons. The lowest BCUT2D eigenvalue weighted by atomic mass is 10.2. The molecule has 0 radical (unpaired) electrons. The van der Waals surface area contributed by atoms with Crippen molar-refractivity contribution in [1.82, 2.24) is 10.3 Å². The van der Waals surface area contributed by atoms with E-state index in [1.54, 1.807) is 49.4 Å². The molecule has 31 heavy (non-hydrogen) atoms. The predicted molar refractivity (Wildman–Crippen MR) is 116 cm³/mol. The third kappa shape index (κ3) is 6.02. The largest absolute Gasteiger partial charge is 0.439 e. The van der Waals surface area contributed by atoms with E-state index in [9.17, 15) is 17.6 Å². The molecule has 0 saturated carbocycles. The van der Waals surface area contributed by atoms with Gasteiger partial charge in [0.15, 0.2) is 0 Å². The van der Waals surface area contributed by atoms with Crippen LogP contribution in [-0.4, -0.2) is 32.1 Å². The van der Waals surface area contributed by atoms with Crippen molar-refractivity contribution in [2.24, 2.45) is 0 Å². The van der Waals surface area contributed by atoms with Crippen molar-refractivity contribution in [3.8, 4) is 11.6 Å². The first-order valence-electron chi connectivity index (χ1n) is 9.41. The first-order chi connectivity index (χ1) is 14.7. The van der Waals surface area contributed by atoms with Gasteiger partial charge in [-0.2, -0.15) is 0 Å². The number of pyridine rings is 1. The normalized spacial score (nSPS) is 11.1. The number of amides is 1. The van der Waals surface area contributed by atoms with E-state index in [2.05, 4.69) is 10.3 Å². The quantitative estimate of drug-likeness (QED) is 0.576. The van der Waals surface area contributed by atoms with E-state index in [0.717, 1.165) is 16.1 Å². The van der Waals surface area contributed by atoms with Crippen LogP contribution in [0.5, 0.6) is 11.6 Å². The molecule has 0 aliphatic heterocycles. The van der Waals surface area contributed by atoms with Gasteiger partial charge in [0.05, 0.1) is 11.9 Å². The molecule has 7 nitrogen and oxygen atoms in total. The summed E-state index contributed by atoms with van der Waals surface area (Å²) in [6, 6.07) is 15.9. The highest BCUT2D eigenvalue weighted by Gasteiger charge is 2.22. The van der Waals surface area contributed by atoms with Gasteiger partial charge in [0, 0.05) is 24.4 Å². The van der Waals surface area contributed by atoms with Crippen molar-refractivity contribution < 1.29 is 22.3 Å². The number of aryl methyl sites for hydroxylation is 1. The smallest absolute Gasteiger partial charge is 0.241 e. The van der Waals surface area contributed by atoms with Crippen molar-refractivity contribution in [3.05, 3.63) is 83.8 Å². The Labute approximate surface area is 180 Å². The summed E-state index contributed by atoms with van der Waals surface area (Å²) in [5, 5.41) is 2.69. The first kappa shape index (κ1) is 22.2. The van der Waals surface area contributed by atoms with E-state index >= 15 is 0 Å². The molecule has 3 rings (SSSR count). The SMILES string of the molecule is Cc1ccccc1N(CC(=O)NCc1cccnc1Oc1cccc(F)c1)S(C)(=O)=O. The third-order valence-electron chi connectivity index (χ3n) is 4.41. The monoisotopic (exact) mass is 443 g/mol. The molecule has 0 aliphatic rings. The number of carbonyl (C=O) groups is 1. The molecule has 3 aromatic rings. The van der Waals surface area contributed by atoms with E-state index in [-0.39, 0.29) is 24.7 Å². The van der Waals surface area contributed by atoms with Crippen LogP contribution in [0.25, 0.3) is 0 Å². The fraction of sp³-hybridized carbons (Fsp3) is 0.182. The van der Waals surface area contributed by atoms with Crippen molar-refractivity contribution in [2.45, 2.75) is 13.5 Å². The maximum Gasteiger partial charge on any atom is 0.241 e. The van der Waals surface area contributed by atoms with Crippen LogP contribution in [0.3, 0.4) is 0 Å². The van der Waals surface area contributed by atoms with Crippen molar-refractivity contribution in [1.29, 1.82) is 0 Å². The van der Waals surface area contributed by atoms with E-state index in [1.165, 1.54) is 24.4 Å². The molecule has 0 bridgehead atoms. The second-order valence-corrected chi connectivity index (χ2v) is 8.77. The molecule has 0 aliphatic carbocycles. The molecule has 0 spiro atoms. The van der Waals surface area contributed by atoms with Crippen LogP contribution in [0.15, 0.2) is 66.9 Å². The minimum atomic E-state index is -3.67. The fourth-order valence-electron chi connectivity index (χ4n) is 2.90. The van der Waals surface area contributed by atoms with Gasteiger partial charge in [0.25, 0.3) is 0 Å². The highest BCUT2D eigenvalue weighted by molar-refractivity contribution is 7.92. The van der Waals surface area contributed by atoms with Crippen LogP contribution in [-0.2, 0) is 21.4 Å². The fourth-order valence-corrected chi connectivity index (χ4v) is 3.81. The number of hydrogen-bond donors (Lipinski definition) is 1. The Hall–Kier alpha value is -3.46. The van der Waals surface area contributed by atoms with E-state index < -0.39 is 21.7 Å². The second kappa shape index (κ2) is 9.57. The number of anilines is 1. The molecule has 0 fully saturated rings. The molecule has 9 heteroatoms. The lowest BCUT2D eigenvalue weighted by molar-refractivity contribution is -0.119. The number of ether oxygens (including phenoxy) is 1. The van der Waals surface area contributed by atoms with E-state index in [1.807, 2.05) is 0 Å².